The first-order valence-electron chi connectivity index (χ1n) is 14.3. The molecule has 0 aromatic carbocycles. The number of hydrogen-bond donors (Lipinski definition) is 0. The van der Waals surface area contributed by atoms with Crippen LogP contribution in [0, 0.1) is 0 Å². The fourth-order valence-electron chi connectivity index (χ4n) is 4.73. The Morgan fingerprint density at radius 3 is 1.14 bits per heavy atom. The Bertz CT molecular complexity index is 904. The van der Waals surface area contributed by atoms with Crippen molar-refractivity contribution in [3.8, 4) is 11.1 Å². The van der Waals surface area contributed by atoms with E-state index < -0.39 is 0 Å². The van der Waals surface area contributed by atoms with Gasteiger partial charge in [0.2, 0.25) is 0 Å². The Morgan fingerprint density at radius 2 is 0.743 bits per heavy atom. The van der Waals surface area contributed by atoms with Crippen molar-refractivity contribution in [3.05, 3.63) is 79.6 Å². The lowest BCUT2D eigenvalue weighted by atomic mass is 10.1. The molecule has 0 unspecified atom stereocenters. The molecule has 0 saturated carbocycles. The van der Waals surface area contributed by atoms with Gasteiger partial charge in [-0.2, -0.15) is 0 Å². The van der Waals surface area contributed by atoms with Crippen molar-refractivity contribution in [2.24, 2.45) is 0 Å². The molecular formula is C32H48N3+3. The molecule has 0 saturated heterocycles. The second-order valence-corrected chi connectivity index (χ2v) is 10.0. The highest BCUT2D eigenvalue weighted by Crippen LogP contribution is 2.16. The first-order valence-corrected chi connectivity index (χ1v) is 14.3. The fraction of sp³-hybridized carbons (Fsp3) is 0.531. The van der Waals surface area contributed by atoms with Crippen LogP contribution in [0.2, 0.25) is 0 Å². The molecule has 35 heavy (non-hydrogen) atoms. The fourth-order valence-corrected chi connectivity index (χ4v) is 4.73. The smallest absolute Gasteiger partial charge is 0.169 e. The summed E-state index contributed by atoms with van der Waals surface area (Å²) in [6.45, 7) is 5.67. The Balaban J connectivity index is 1.18. The lowest BCUT2D eigenvalue weighted by Gasteiger charge is -2.03. The van der Waals surface area contributed by atoms with Crippen LogP contribution in [0.4, 0.5) is 0 Å². The van der Waals surface area contributed by atoms with Crippen molar-refractivity contribution in [2.75, 3.05) is 0 Å². The third-order valence-corrected chi connectivity index (χ3v) is 7.00. The molecule has 3 heteroatoms. The maximum Gasteiger partial charge on any atom is 0.169 e. The first kappa shape index (κ1) is 27.0. The number of unbranched alkanes of at least 4 members (excludes halogenated alkanes) is 11. The molecule has 188 valence electrons. The van der Waals surface area contributed by atoms with E-state index in [0.29, 0.717) is 0 Å². The number of pyridine rings is 3. The lowest BCUT2D eigenvalue weighted by Crippen LogP contribution is -2.33. The summed E-state index contributed by atoms with van der Waals surface area (Å²) in [7, 11) is 0. The zero-order valence-electron chi connectivity index (χ0n) is 22.2. The van der Waals surface area contributed by atoms with E-state index in [4.69, 9.17) is 0 Å². The van der Waals surface area contributed by atoms with Gasteiger partial charge in [-0.3, -0.25) is 0 Å². The van der Waals surface area contributed by atoms with Crippen LogP contribution in [0.5, 0.6) is 0 Å². The van der Waals surface area contributed by atoms with Crippen LogP contribution >= 0.6 is 0 Å². The van der Waals surface area contributed by atoms with E-state index in [0.717, 1.165) is 19.6 Å². The molecule has 0 aliphatic rings. The maximum atomic E-state index is 2.34. The predicted molar refractivity (Wildman–Crippen MR) is 145 cm³/mol. The van der Waals surface area contributed by atoms with E-state index in [1.807, 2.05) is 0 Å². The molecular weight excluding hydrogens is 426 g/mol. The lowest BCUT2D eigenvalue weighted by molar-refractivity contribution is -0.697. The molecule has 3 heterocycles. The molecule has 0 radical (unpaired) electrons. The highest BCUT2D eigenvalue weighted by atomic mass is 14.9. The summed E-state index contributed by atoms with van der Waals surface area (Å²) in [4.78, 5) is 0. The van der Waals surface area contributed by atoms with Gasteiger partial charge >= 0.3 is 0 Å². The summed E-state index contributed by atoms with van der Waals surface area (Å²) in [5.74, 6) is 0. The van der Waals surface area contributed by atoms with Gasteiger partial charge in [-0.05, 0) is 30.4 Å². The molecule has 3 aromatic rings. The topological polar surface area (TPSA) is 11.6 Å². The van der Waals surface area contributed by atoms with Gasteiger partial charge in [-0.25, -0.2) is 13.7 Å². The van der Waals surface area contributed by atoms with Crippen LogP contribution < -0.4 is 13.7 Å². The highest BCUT2D eigenvalue weighted by molar-refractivity contribution is 5.60. The first-order chi connectivity index (χ1) is 17.3. The summed E-state index contributed by atoms with van der Waals surface area (Å²) < 4.78 is 6.93. The van der Waals surface area contributed by atoms with Crippen LogP contribution in [-0.4, -0.2) is 0 Å². The Labute approximate surface area is 214 Å². The minimum absolute atomic E-state index is 1.12. The molecule has 0 aliphatic carbocycles. The van der Waals surface area contributed by atoms with Gasteiger partial charge < -0.3 is 0 Å². The van der Waals surface area contributed by atoms with Crippen LogP contribution in [0.1, 0.15) is 90.4 Å². The number of aryl methyl sites for hydroxylation is 3. The summed E-state index contributed by atoms with van der Waals surface area (Å²) in [5.41, 5.74) is 2.61. The molecule has 3 nitrogen and oxygen atoms in total. The van der Waals surface area contributed by atoms with Crippen LogP contribution in [-0.2, 0) is 19.6 Å². The van der Waals surface area contributed by atoms with Crippen LogP contribution in [0.3, 0.4) is 0 Å². The molecule has 3 aromatic heterocycles. The van der Waals surface area contributed by atoms with Gasteiger partial charge in [0.05, 0.1) is 0 Å². The average Bonchev–Trinajstić information content (AvgIpc) is 2.91. The van der Waals surface area contributed by atoms with Gasteiger partial charge in [-0.1, -0.05) is 57.9 Å². The standard InChI is InChI=1S/C32H48N3/c1-2-3-13-22-34-27-18-31(19-28-34)32-20-29-35(30-21-32)26-15-11-9-7-5-4-6-8-10-14-23-33-24-16-12-17-25-33/h12,16-21,24-25,27-30H,2-11,13-15,22-23,26H2,1H3/q+3. The molecule has 0 N–H and O–H groups in total. The monoisotopic (exact) mass is 474 g/mol. The summed E-state index contributed by atoms with van der Waals surface area (Å²) in [6.07, 6.45) is 30.8. The van der Waals surface area contributed by atoms with Gasteiger partial charge in [0.15, 0.2) is 37.2 Å². The van der Waals surface area contributed by atoms with Crippen molar-refractivity contribution < 1.29 is 13.7 Å². The van der Waals surface area contributed by atoms with Gasteiger partial charge in [0.1, 0.15) is 19.6 Å². The van der Waals surface area contributed by atoms with E-state index in [2.05, 4.69) is 100 Å². The van der Waals surface area contributed by atoms with Crippen molar-refractivity contribution in [1.82, 2.24) is 0 Å². The quantitative estimate of drug-likeness (QED) is 0.139. The molecule has 0 amide bonds. The second-order valence-electron chi connectivity index (χ2n) is 10.0. The van der Waals surface area contributed by atoms with E-state index >= 15 is 0 Å². The van der Waals surface area contributed by atoms with E-state index in [1.54, 1.807) is 0 Å². The largest absolute Gasteiger partial charge is 0.205 e. The third kappa shape index (κ3) is 11.2. The van der Waals surface area contributed by atoms with Crippen molar-refractivity contribution in [1.29, 1.82) is 0 Å². The molecule has 0 spiro atoms. The van der Waals surface area contributed by atoms with Gasteiger partial charge in [0, 0.05) is 55.7 Å². The van der Waals surface area contributed by atoms with Crippen molar-refractivity contribution in [2.45, 2.75) is 110 Å². The average molecular weight is 475 g/mol. The van der Waals surface area contributed by atoms with Crippen LogP contribution in [0.15, 0.2) is 79.6 Å². The van der Waals surface area contributed by atoms with E-state index in [-0.39, 0.29) is 0 Å². The highest BCUT2D eigenvalue weighted by Gasteiger charge is 2.06. The Hall–Kier alpha value is -2.55. The number of hydrogen-bond acceptors (Lipinski definition) is 0. The predicted octanol–water partition coefficient (Wildman–Crippen LogP) is 7.01. The zero-order chi connectivity index (χ0) is 24.4. The van der Waals surface area contributed by atoms with Gasteiger partial charge in [-0.15, -0.1) is 0 Å². The SMILES string of the molecule is CCCCC[n+]1ccc(-c2cc[n+](CCCCCCCCCCCC[n+]3ccccc3)cc2)cc1. The molecule has 0 atom stereocenters. The normalized spacial score (nSPS) is 11.1. The molecule has 0 fully saturated rings. The number of nitrogens with zero attached hydrogens (tertiary/aromatic N) is 3. The van der Waals surface area contributed by atoms with Gasteiger partial charge in [0.25, 0.3) is 0 Å². The maximum absolute atomic E-state index is 2.34. The third-order valence-electron chi connectivity index (χ3n) is 7.00. The summed E-state index contributed by atoms with van der Waals surface area (Å²) >= 11 is 0. The Morgan fingerprint density at radius 1 is 0.400 bits per heavy atom. The van der Waals surface area contributed by atoms with E-state index in [1.165, 1.54) is 94.6 Å². The van der Waals surface area contributed by atoms with Crippen LogP contribution in [0.25, 0.3) is 11.1 Å². The summed E-state index contributed by atoms with van der Waals surface area (Å²) in [6, 6.07) is 15.3. The van der Waals surface area contributed by atoms with Crippen molar-refractivity contribution >= 4 is 0 Å². The Kier molecular flexibility index (Phi) is 13.1. The number of rotatable bonds is 18. The van der Waals surface area contributed by atoms with E-state index in [9.17, 15) is 0 Å². The molecule has 0 bridgehead atoms. The minimum atomic E-state index is 1.12. The minimum Gasteiger partial charge on any atom is -0.205 e. The second kappa shape index (κ2) is 17.0. The van der Waals surface area contributed by atoms with Crippen molar-refractivity contribution in [3.63, 3.8) is 0 Å². The zero-order valence-corrected chi connectivity index (χ0v) is 22.2. The number of aromatic nitrogens is 3. The molecule has 0 aliphatic heterocycles. The molecule has 3 rings (SSSR count). The summed E-state index contributed by atoms with van der Waals surface area (Å²) in [5, 5.41) is 0.